The molecule has 0 unspecified atom stereocenters. The van der Waals surface area contributed by atoms with E-state index in [1.54, 1.807) is 11.3 Å². The van der Waals surface area contributed by atoms with Crippen LogP contribution in [0.15, 0.2) is 29.6 Å². The lowest BCUT2D eigenvalue weighted by Gasteiger charge is -2.14. The number of hydrogen-bond donors (Lipinski definition) is 1. The molecule has 0 bridgehead atoms. The molecule has 0 fully saturated rings. The maximum absolute atomic E-state index is 4.43. The van der Waals surface area contributed by atoms with Crippen molar-refractivity contribution >= 4 is 22.7 Å². The fraction of sp³-hybridized carbons (Fsp3) is 0.308. The summed E-state index contributed by atoms with van der Waals surface area (Å²) in [6.45, 7) is 2.81. The number of thiazole rings is 1. The monoisotopic (exact) mass is 247 g/mol. The number of benzene rings is 1. The Morgan fingerprint density at radius 2 is 2.18 bits per heavy atom. The van der Waals surface area contributed by atoms with Gasteiger partial charge in [-0.25, -0.2) is 4.98 Å². The Kier molecular flexibility index (Phi) is 3.64. The van der Waals surface area contributed by atoms with Gasteiger partial charge in [-0.1, -0.05) is 6.07 Å². The van der Waals surface area contributed by atoms with E-state index in [-0.39, 0.29) is 0 Å². The van der Waals surface area contributed by atoms with E-state index in [2.05, 4.69) is 44.8 Å². The van der Waals surface area contributed by atoms with Gasteiger partial charge < -0.3 is 10.2 Å². The first-order valence-corrected chi connectivity index (χ1v) is 6.45. The first kappa shape index (κ1) is 11.9. The summed E-state index contributed by atoms with van der Waals surface area (Å²) in [6.07, 6.45) is 0. The lowest BCUT2D eigenvalue weighted by atomic mass is 10.2. The molecule has 4 heteroatoms. The van der Waals surface area contributed by atoms with Crippen LogP contribution >= 0.6 is 11.3 Å². The summed E-state index contributed by atoms with van der Waals surface area (Å²) >= 11 is 1.70. The standard InChI is InChI=1S/C13H17N3S/c1-10-9-17-13(15-10)8-14-11-5-4-6-12(7-11)16(2)3/h4-7,9,14H,8H2,1-3H3. The molecule has 0 saturated carbocycles. The average Bonchev–Trinajstić information content (AvgIpc) is 2.73. The highest BCUT2D eigenvalue weighted by atomic mass is 32.1. The van der Waals surface area contributed by atoms with Gasteiger partial charge in [-0.05, 0) is 25.1 Å². The summed E-state index contributed by atoms with van der Waals surface area (Å²) in [7, 11) is 4.09. The number of aromatic nitrogens is 1. The molecule has 17 heavy (non-hydrogen) atoms. The van der Waals surface area contributed by atoms with E-state index in [4.69, 9.17) is 0 Å². The second-order valence-electron chi connectivity index (χ2n) is 4.18. The normalized spacial score (nSPS) is 10.3. The molecule has 1 N–H and O–H groups in total. The predicted octanol–water partition coefficient (Wildman–Crippen LogP) is 3.13. The highest BCUT2D eigenvalue weighted by Gasteiger charge is 2.00. The summed E-state index contributed by atoms with van der Waals surface area (Å²) < 4.78 is 0. The van der Waals surface area contributed by atoms with Gasteiger partial charge in [0.2, 0.25) is 0 Å². The van der Waals surface area contributed by atoms with Crippen LogP contribution in [0.5, 0.6) is 0 Å². The molecule has 0 amide bonds. The minimum atomic E-state index is 0.787. The van der Waals surface area contributed by atoms with Crippen LogP contribution in [0.2, 0.25) is 0 Å². The lowest BCUT2D eigenvalue weighted by molar-refractivity contribution is 1.07. The number of nitrogens with zero attached hydrogens (tertiary/aromatic N) is 2. The average molecular weight is 247 g/mol. The van der Waals surface area contributed by atoms with Crippen molar-refractivity contribution in [3.05, 3.63) is 40.3 Å². The molecule has 1 aromatic heterocycles. The highest BCUT2D eigenvalue weighted by molar-refractivity contribution is 7.09. The Morgan fingerprint density at radius 3 is 2.82 bits per heavy atom. The van der Waals surface area contributed by atoms with Crippen LogP contribution in [0.4, 0.5) is 11.4 Å². The molecule has 2 aromatic rings. The van der Waals surface area contributed by atoms with Gasteiger partial charge in [0.25, 0.3) is 0 Å². The van der Waals surface area contributed by atoms with E-state index in [1.807, 2.05) is 21.0 Å². The van der Waals surface area contributed by atoms with Crippen molar-refractivity contribution in [2.75, 3.05) is 24.3 Å². The van der Waals surface area contributed by atoms with Crippen LogP contribution in [0.25, 0.3) is 0 Å². The quantitative estimate of drug-likeness (QED) is 0.899. The molecule has 2 rings (SSSR count). The Bertz CT molecular complexity index is 491. The van der Waals surface area contributed by atoms with E-state index in [9.17, 15) is 0 Å². The highest BCUT2D eigenvalue weighted by Crippen LogP contribution is 2.18. The summed E-state index contributed by atoms with van der Waals surface area (Å²) in [4.78, 5) is 6.52. The number of nitrogens with one attached hydrogen (secondary N) is 1. The third kappa shape index (κ3) is 3.20. The molecule has 0 aliphatic rings. The summed E-state index contributed by atoms with van der Waals surface area (Å²) in [5.41, 5.74) is 3.42. The molecule has 1 aromatic carbocycles. The minimum Gasteiger partial charge on any atom is -0.378 e. The molecular weight excluding hydrogens is 230 g/mol. The van der Waals surface area contributed by atoms with Crippen molar-refractivity contribution < 1.29 is 0 Å². The van der Waals surface area contributed by atoms with E-state index in [0.717, 1.165) is 22.9 Å². The first-order chi connectivity index (χ1) is 8.15. The van der Waals surface area contributed by atoms with Crippen molar-refractivity contribution in [3.63, 3.8) is 0 Å². The van der Waals surface area contributed by atoms with E-state index >= 15 is 0 Å². The van der Waals surface area contributed by atoms with Gasteiger partial charge in [-0.2, -0.15) is 0 Å². The van der Waals surface area contributed by atoms with Gasteiger partial charge in [0.05, 0.1) is 6.54 Å². The van der Waals surface area contributed by atoms with Crippen molar-refractivity contribution in [2.45, 2.75) is 13.5 Å². The van der Waals surface area contributed by atoms with Crippen LogP contribution < -0.4 is 10.2 Å². The van der Waals surface area contributed by atoms with E-state index < -0.39 is 0 Å². The Balaban J connectivity index is 2.01. The van der Waals surface area contributed by atoms with Crippen LogP contribution in [0.3, 0.4) is 0 Å². The minimum absolute atomic E-state index is 0.787. The molecule has 1 heterocycles. The second-order valence-corrected chi connectivity index (χ2v) is 5.12. The topological polar surface area (TPSA) is 28.2 Å². The third-order valence-corrected chi connectivity index (χ3v) is 3.44. The predicted molar refractivity (Wildman–Crippen MR) is 74.9 cm³/mol. The second kappa shape index (κ2) is 5.19. The summed E-state index contributed by atoms with van der Waals surface area (Å²) in [5, 5.41) is 6.59. The fourth-order valence-electron chi connectivity index (χ4n) is 1.56. The molecule has 0 spiro atoms. The Labute approximate surface area is 106 Å². The third-order valence-electron chi connectivity index (χ3n) is 2.47. The van der Waals surface area contributed by atoms with Crippen LogP contribution in [0.1, 0.15) is 10.7 Å². The van der Waals surface area contributed by atoms with E-state index in [1.165, 1.54) is 5.69 Å². The fourth-order valence-corrected chi connectivity index (χ4v) is 2.27. The van der Waals surface area contributed by atoms with Crippen LogP contribution in [-0.2, 0) is 6.54 Å². The molecule has 90 valence electrons. The molecule has 0 saturated heterocycles. The maximum Gasteiger partial charge on any atom is 0.112 e. The SMILES string of the molecule is Cc1csc(CNc2cccc(N(C)C)c2)n1. The number of anilines is 2. The largest absolute Gasteiger partial charge is 0.378 e. The van der Waals surface area contributed by atoms with Crippen molar-refractivity contribution in [1.29, 1.82) is 0 Å². The zero-order chi connectivity index (χ0) is 12.3. The van der Waals surface area contributed by atoms with Crippen LogP contribution in [-0.4, -0.2) is 19.1 Å². The van der Waals surface area contributed by atoms with Gasteiger partial charge in [0.15, 0.2) is 0 Å². The molecular formula is C13H17N3S. The van der Waals surface area contributed by atoms with E-state index in [0.29, 0.717) is 0 Å². The molecule has 0 radical (unpaired) electrons. The molecule has 3 nitrogen and oxygen atoms in total. The first-order valence-electron chi connectivity index (χ1n) is 5.57. The zero-order valence-corrected chi connectivity index (χ0v) is 11.2. The summed E-state index contributed by atoms with van der Waals surface area (Å²) in [6, 6.07) is 8.37. The molecule has 0 aliphatic heterocycles. The van der Waals surface area contributed by atoms with Crippen molar-refractivity contribution in [2.24, 2.45) is 0 Å². The molecule has 0 aliphatic carbocycles. The summed E-state index contributed by atoms with van der Waals surface area (Å²) in [5.74, 6) is 0. The zero-order valence-electron chi connectivity index (χ0n) is 10.4. The Morgan fingerprint density at radius 1 is 1.35 bits per heavy atom. The van der Waals surface area contributed by atoms with Gasteiger partial charge in [0.1, 0.15) is 5.01 Å². The van der Waals surface area contributed by atoms with Gasteiger partial charge >= 0.3 is 0 Å². The van der Waals surface area contributed by atoms with Crippen LogP contribution in [0, 0.1) is 6.92 Å². The smallest absolute Gasteiger partial charge is 0.112 e. The molecule has 0 atom stereocenters. The number of rotatable bonds is 4. The number of hydrogen-bond acceptors (Lipinski definition) is 4. The lowest BCUT2D eigenvalue weighted by Crippen LogP contribution is -2.09. The maximum atomic E-state index is 4.43. The van der Waals surface area contributed by atoms with Gasteiger partial charge in [0, 0.05) is 36.5 Å². The van der Waals surface area contributed by atoms with Gasteiger partial charge in [-0.15, -0.1) is 11.3 Å². The van der Waals surface area contributed by atoms with Gasteiger partial charge in [-0.3, -0.25) is 0 Å². The van der Waals surface area contributed by atoms with Crippen molar-refractivity contribution in [1.82, 2.24) is 4.98 Å². The Hall–Kier alpha value is -1.55. The van der Waals surface area contributed by atoms with Crippen molar-refractivity contribution in [3.8, 4) is 0 Å². The number of aryl methyl sites for hydroxylation is 1.